The van der Waals surface area contributed by atoms with Crippen molar-refractivity contribution in [2.75, 3.05) is 21.3 Å². The lowest BCUT2D eigenvalue weighted by atomic mass is 10.0. The minimum absolute atomic E-state index is 0.0183. The van der Waals surface area contributed by atoms with Gasteiger partial charge in [0.1, 0.15) is 5.75 Å². The van der Waals surface area contributed by atoms with E-state index in [0.29, 0.717) is 17.4 Å². The first-order chi connectivity index (χ1) is 8.21. The highest BCUT2D eigenvalue weighted by Gasteiger charge is 2.32. The summed E-state index contributed by atoms with van der Waals surface area (Å²) in [6.45, 7) is 0. The van der Waals surface area contributed by atoms with Crippen molar-refractivity contribution in [3.63, 3.8) is 0 Å². The molecule has 2 rings (SSSR count). The van der Waals surface area contributed by atoms with E-state index in [1.807, 2.05) is 12.1 Å². The topological polar surface area (TPSA) is 53.7 Å². The summed E-state index contributed by atoms with van der Waals surface area (Å²) in [6, 6.07) is 3.77. The largest absolute Gasteiger partial charge is 0.496 e. The van der Waals surface area contributed by atoms with Crippen molar-refractivity contribution in [3.05, 3.63) is 17.7 Å². The summed E-state index contributed by atoms with van der Waals surface area (Å²) >= 11 is 0. The third-order valence-electron chi connectivity index (χ3n) is 3.22. The van der Waals surface area contributed by atoms with Crippen LogP contribution in [0.2, 0.25) is 0 Å². The van der Waals surface area contributed by atoms with E-state index in [1.165, 1.54) is 12.8 Å². The standard InChI is InChI=1S/C13H19NO3/c1-15-10-7-12(17-3)11(16-2)6-9(10)13(14)8-4-5-8/h6-8,13H,4-5,14H2,1-3H3/t13-/m0/s1. The smallest absolute Gasteiger partial charge is 0.164 e. The predicted molar refractivity (Wildman–Crippen MR) is 65.8 cm³/mol. The quantitative estimate of drug-likeness (QED) is 0.852. The summed E-state index contributed by atoms with van der Waals surface area (Å²) < 4.78 is 15.9. The number of nitrogens with two attached hydrogens (primary N) is 1. The van der Waals surface area contributed by atoms with Gasteiger partial charge in [-0.3, -0.25) is 0 Å². The number of methoxy groups -OCH3 is 3. The van der Waals surface area contributed by atoms with Crippen molar-refractivity contribution < 1.29 is 14.2 Å². The summed E-state index contributed by atoms with van der Waals surface area (Å²) in [6.07, 6.45) is 2.39. The zero-order valence-electron chi connectivity index (χ0n) is 10.5. The van der Waals surface area contributed by atoms with Crippen LogP contribution in [0.4, 0.5) is 0 Å². The lowest BCUT2D eigenvalue weighted by Crippen LogP contribution is -2.14. The molecule has 1 aromatic rings. The SMILES string of the molecule is COc1cc(OC)c([C@@H](N)C2CC2)cc1OC. The Kier molecular flexibility index (Phi) is 3.43. The molecule has 94 valence electrons. The third-order valence-corrected chi connectivity index (χ3v) is 3.22. The Hall–Kier alpha value is -1.42. The van der Waals surface area contributed by atoms with Gasteiger partial charge in [-0.15, -0.1) is 0 Å². The highest BCUT2D eigenvalue weighted by atomic mass is 16.5. The molecule has 0 spiro atoms. The number of ether oxygens (including phenoxy) is 3. The molecule has 4 heteroatoms. The summed E-state index contributed by atoms with van der Waals surface area (Å²) in [4.78, 5) is 0. The van der Waals surface area contributed by atoms with Gasteiger partial charge in [-0.1, -0.05) is 0 Å². The number of hydrogen-bond acceptors (Lipinski definition) is 4. The number of rotatable bonds is 5. The van der Waals surface area contributed by atoms with E-state index < -0.39 is 0 Å². The normalized spacial score (nSPS) is 16.5. The summed E-state index contributed by atoms with van der Waals surface area (Å²) in [5.74, 6) is 2.69. The molecule has 4 nitrogen and oxygen atoms in total. The highest BCUT2D eigenvalue weighted by molar-refractivity contribution is 5.52. The average molecular weight is 237 g/mol. The van der Waals surface area contributed by atoms with Crippen LogP contribution in [0, 0.1) is 5.92 Å². The van der Waals surface area contributed by atoms with Crippen LogP contribution in [0.3, 0.4) is 0 Å². The third kappa shape index (κ3) is 2.31. The van der Waals surface area contributed by atoms with Crippen LogP contribution in [-0.4, -0.2) is 21.3 Å². The zero-order valence-corrected chi connectivity index (χ0v) is 10.5. The first kappa shape index (κ1) is 12.0. The van der Waals surface area contributed by atoms with Crippen LogP contribution < -0.4 is 19.9 Å². The Morgan fingerprint density at radius 1 is 1.00 bits per heavy atom. The molecule has 0 aromatic heterocycles. The number of hydrogen-bond donors (Lipinski definition) is 1. The molecule has 1 aliphatic carbocycles. The summed E-state index contributed by atoms with van der Waals surface area (Å²) in [7, 11) is 4.87. The van der Waals surface area contributed by atoms with Crippen molar-refractivity contribution in [1.29, 1.82) is 0 Å². The van der Waals surface area contributed by atoms with Gasteiger partial charge >= 0.3 is 0 Å². The maximum Gasteiger partial charge on any atom is 0.164 e. The fourth-order valence-corrected chi connectivity index (χ4v) is 2.02. The molecule has 1 saturated carbocycles. The minimum Gasteiger partial charge on any atom is -0.496 e. The summed E-state index contributed by atoms with van der Waals surface area (Å²) in [5.41, 5.74) is 7.21. The van der Waals surface area contributed by atoms with Gasteiger partial charge in [0, 0.05) is 17.7 Å². The first-order valence-electron chi connectivity index (χ1n) is 5.76. The van der Waals surface area contributed by atoms with E-state index in [1.54, 1.807) is 21.3 Å². The summed E-state index contributed by atoms with van der Waals surface area (Å²) in [5, 5.41) is 0. The molecular formula is C13H19NO3. The van der Waals surface area contributed by atoms with Crippen LogP contribution in [0.15, 0.2) is 12.1 Å². The van der Waals surface area contributed by atoms with Gasteiger partial charge in [0.25, 0.3) is 0 Å². The lowest BCUT2D eigenvalue weighted by Gasteiger charge is -2.18. The van der Waals surface area contributed by atoms with E-state index in [-0.39, 0.29) is 6.04 Å². The average Bonchev–Trinajstić information content (AvgIpc) is 3.20. The van der Waals surface area contributed by atoms with Gasteiger partial charge in [-0.25, -0.2) is 0 Å². The van der Waals surface area contributed by atoms with E-state index >= 15 is 0 Å². The second kappa shape index (κ2) is 4.84. The second-order valence-electron chi connectivity index (χ2n) is 4.31. The van der Waals surface area contributed by atoms with Crippen LogP contribution in [0.5, 0.6) is 17.2 Å². The molecule has 0 bridgehead atoms. The van der Waals surface area contributed by atoms with Gasteiger partial charge in [-0.05, 0) is 24.8 Å². The Morgan fingerprint density at radius 2 is 1.53 bits per heavy atom. The molecule has 1 aliphatic rings. The molecule has 1 fully saturated rings. The van der Waals surface area contributed by atoms with Crippen LogP contribution >= 0.6 is 0 Å². The Balaban J connectivity index is 2.41. The van der Waals surface area contributed by atoms with E-state index in [0.717, 1.165) is 11.3 Å². The minimum atomic E-state index is 0.0183. The highest BCUT2D eigenvalue weighted by Crippen LogP contribution is 2.45. The van der Waals surface area contributed by atoms with Gasteiger partial charge in [-0.2, -0.15) is 0 Å². The second-order valence-corrected chi connectivity index (χ2v) is 4.31. The maximum absolute atomic E-state index is 6.22. The molecule has 1 atom stereocenters. The molecule has 2 N–H and O–H groups in total. The predicted octanol–water partition coefficient (Wildman–Crippen LogP) is 2.12. The molecule has 0 heterocycles. The van der Waals surface area contributed by atoms with Gasteiger partial charge in [0.2, 0.25) is 0 Å². The molecular weight excluding hydrogens is 218 g/mol. The van der Waals surface area contributed by atoms with Crippen LogP contribution in [-0.2, 0) is 0 Å². The van der Waals surface area contributed by atoms with Crippen molar-refractivity contribution in [1.82, 2.24) is 0 Å². The lowest BCUT2D eigenvalue weighted by molar-refractivity contribution is 0.346. The number of benzene rings is 1. The zero-order chi connectivity index (χ0) is 12.4. The van der Waals surface area contributed by atoms with Gasteiger partial charge in [0.05, 0.1) is 21.3 Å². The van der Waals surface area contributed by atoms with Crippen molar-refractivity contribution in [2.24, 2.45) is 11.7 Å². The van der Waals surface area contributed by atoms with Gasteiger partial charge < -0.3 is 19.9 Å². The van der Waals surface area contributed by atoms with E-state index in [9.17, 15) is 0 Å². The van der Waals surface area contributed by atoms with Crippen LogP contribution in [0.1, 0.15) is 24.4 Å². The molecule has 0 amide bonds. The monoisotopic (exact) mass is 237 g/mol. The van der Waals surface area contributed by atoms with E-state index in [2.05, 4.69) is 0 Å². The molecule has 17 heavy (non-hydrogen) atoms. The molecule has 0 unspecified atom stereocenters. The molecule has 0 aliphatic heterocycles. The Bertz CT molecular complexity index is 402. The first-order valence-corrected chi connectivity index (χ1v) is 5.76. The van der Waals surface area contributed by atoms with E-state index in [4.69, 9.17) is 19.9 Å². The van der Waals surface area contributed by atoms with Crippen molar-refractivity contribution in [2.45, 2.75) is 18.9 Å². The van der Waals surface area contributed by atoms with Gasteiger partial charge in [0.15, 0.2) is 11.5 Å². The maximum atomic E-state index is 6.22. The molecule has 0 radical (unpaired) electrons. The Labute approximate surface area is 102 Å². The fraction of sp³-hybridized carbons (Fsp3) is 0.538. The van der Waals surface area contributed by atoms with Crippen molar-refractivity contribution in [3.8, 4) is 17.2 Å². The fourth-order valence-electron chi connectivity index (χ4n) is 2.02. The van der Waals surface area contributed by atoms with Crippen molar-refractivity contribution >= 4 is 0 Å². The molecule has 1 aromatic carbocycles. The Morgan fingerprint density at radius 3 is 2.00 bits per heavy atom. The molecule has 0 saturated heterocycles. The van der Waals surface area contributed by atoms with Crippen LogP contribution in [0.25, 0.3) is 0 Å².